The molecule has 7 heteroatoms. The average molecular weight is 309 g/mol. The zero-order chi connectivity index (χ0) is 15.6. The summed E-state index contributed by atoms with van der Waals surface area (Å²) in [5, 5.41) is 4.59. The second-order valence-electron chi connectivity index (χ2n) is 4.93. The second-order valence-corrected chi connectivity index (χ2v) is 5.85. The number of aromatic nitrogens is 2. The summed E-state index contributed by atoms with van der Waals surface area (Å²) in [4.78, 5) is 36.6. The van der Waals surface area contributed by atoms with E-state index in [1.165, 1.54) is 15.9 Å². The molecule has 6 nitrogen and oxygen atoms in total. The summed E-state index contributed by atoms with van der Waals surface area (Å²) in [5.74, 6) is -0.222. The summed E-state index contributed by atoms with van der Waals surface area (Å²) >= 11 is 1.29. The third-order valence-corrected chi connectivity index (χ3v) is 4.37. The summed E-state index contributed by atoms with van der Waals surface area (Å²) in [5.41, 5.74) is -0.196. The van der Waals surface area contributed by atoms with Crippen LogP contribution in [0.5, 0.6) is 0 Å². The summed E-state index contributed by atoms with van der Waals surface area (Å²) in [6.45, 7) is 5.85. The van der Waals surface area contributed by atoms with E-state index in [4.69, 9.17) is 0 Å². The lowest BCUT2D eigenvalue weighted by atomic mass is 10.2. The van der Waals surface area contributed by atoms with Gasteiger partial charge in [-0.05, 0) is 31.7 Å². The van der Waals surface area contributed by atoms with E-state index in [0.29, 0.717) is 16.8 Å². The molecule has 2 heterocycles. The second kappa shape index (κ2) is 6.26. The normalized spacial score (nSPS) is 12.5. The molecular weight excluding hydrogens is 290 g/mol. The first-order chi connectivity index (χ1) is 9.99. The Balaban J connectivity index is 2.49. The van der Waals surface area contributed by atoms with Gasteiger partial charge in [0.2, 0.25) is 5.91 Å². The maximum absolute atomic E-state index is 12.4. The topological polar surface area (TPSA) is 73.1 Å². The van der Waals surface area contributed by atoms with Crippen LogP contribution in [-0.4, -0.2) is 21.1 Å². The Morgan fingerprint density at radius 3 is 2.67 bits per heavy atom. The summed E-state index contributed by atoms with van der Waals surface area (Å²) in [6, 6.07) is 1.77. The van der Waals surface area contributed by atoms with E-state index < -0.39 is 5.69 Å². The zero-order valence-electron chi connectivity index (χ0n) is 12.4. The van der Waals surface area contributed by atoms with E-state index in [0.717, 1.165) is 11.0 Å². The van der Waals surface area contributed by atoms with Gasteiger partial charge < -0.3 is 5.32 Å². The van der Waals surface area contributed by atoms with Crippen LogP contribution in [0.3, 0.4) is 0 Å². The highest BCUT2D eigenvalue weighted by atomic mass is 32.1. The smallest absolute Gasteiger partial charge is 0.331 e. The van der Waals surface area contributed by atoms with E-state index in [1.54, 1.807) is 18.4 Å². The number of thiophene rings is 1. The minimum Gasteiger partial charge on any atom is -0.352 e. The third-order valence-electron chi connectivity index (χ3n) is 3.47. The van der Waals surface area contributed by atoms with Crippen molar-refractivity contribution in [2.75, 3.05) is 0 Å². The van der Waals surface area contributed by atoms with Gasteiger partial charge in [-0.15, -0.1) is 11.3 Å². The van der Waals surface area contributed by atoms with E-state index in [9.17, 15) is 14.4 Å². The highest BCUT2D eigenvalue weighted by Crippen LogP contribution is 2.15. The van der Waals surface area contributed by atoms with Crippen molar-refractivity contribution in [1.29, 1.82) is 0 Å². The highest BCUT2D eigenvalue weighted by Gasteiger charge is 2.16. The van der Waals surface area contributed by atoms with Crippen molar-refractivity contribution in [3.05, 3.63) is 32.3 Å². The molecule has 21 heavy (non-hydrogen) atoms. The SMILES string of the molecule is CC[C@H](C)NC(=O)Cn1c(=O)n(CC)c(=O)c2sccc21. The van der Waals surface area contributed by atoms with Crippen LogP contribution in [-0.2, 0) is 17.9 Å². The molecule has 1 atom stereocenters. The first kappa shape index (κ1) is 15.5. The molecule has 2 aromatic heterocycles. The highest BCUT2D eigenvalue weighted by molar-refractivity contribution is 7.17. The predicted octanol–water partition coefficient (Wildman–Crippen LogP) is 1.16. The molecule has 2 rings (SSSR count). The Morgan fingerprint density at radius 2 is 2.05 bits per heavy atom. The minimum atomic E-state index is -0.437. The maximum atomic E-state index is 12.4. The monoisotopic (exact) mass is 309 g/mol. The molecule has 0 spiro atoms. The van der Waals surface area contributed by atoms with Crippen LogP contribution in [0.1, 0.15) is 27.2 Å². The van der Waals surface area contributed by atoms with Crippen molar-refractivity contribution in [3.63, 3.8) is 0 Å². The van der Waals surface area contributed by atoms with Crippen LogP contribution in [0.15, 0.2) is 21.0 Å². The van der Waals surface area contributed by atoms with Gasteiger partial charge in [-0.2, -0.15) is 0 Å². The van der Waals surface area contributed by atoms with Crippen molar-refractivity contribution in [3.8, 4) is 0 Å². The van der Waals surface area contributed by atoms with Crippen molar-refractivity contribution >= 4 is 27.5 Å². The minimum absolute atomic E-state index is 0.0586. The molecule has 114 valence electrons. The van der Waals surface area contributed by atoms with Crippen molar-refractivity contribution in [2.24, 2.45) is 0 Å². The molecular formula is C14H19N3O3S. The number of rotatable bonds is 5. The van der Waals surface area contributed by atoms with Crippen LogP contribution >= 0.6 is 11.3 Å². The molecule has 1 amide bonds. The lowest BCUT2D eigenvalue weighted by Crippen LogP contribution is -2.43. The van der Waals surface area contributed by atoms with E-state index in [2.05, 4.69) is 5.32 Å². The lowest BCUT2D eigenvalue weighted by Gasteiger charge is -2.14. The average Bonchev–Trinajstić information content (AvgIpc) is 2.93. The Labute approximate surface area is 126 Å². The van der Waals surface area contributed by atoms with Crippen LogP contribution in [0.25, 0.3) is 10.2 Å². The van der Waals surface area contributed by atoms with Crippen molar-refractivity contribution < 1.29 is 4.79 Å². The Morgan fingerprint density at radius 1 is 1.33 bits per heavy atom. The largest absolute Gasteiger partial charge is 0.352 e. The molecule has 0 saturated heterocycles. The molecule has 0 bridgehead atoms. The summed E-state index contributed by atoms with van der Waals surface area (Å²) in [7, 11) is 0. The van der Waals surface area contributed by atoms with Gasteiger partial charge in [-0.25, -0.2) is 4.79 Å². The number of fused-ring (bicyclic) bond motifs is 1. The van der Waals surface area contributed by atoms with E-state index >= 15 is 0 Å². The number of carbonyl (C=O) groups is 1. The number of hydrogen-bond acceptors (Lipinski definition) is 4. The Kier molecular flexibility index (Phi) is 4.62. The van der Waals surface area contributed by atoms with Gasteiger partial charge in [-0.3, -0.25) is 18.7 Å². The van der Waals surface area contributed by atoms with Gasteiger partial charge in [-0.1, -0.05) is 6.92 Å². The molecule has 0 saturated carbocycles. The first-order valence-electron chi connectivity index (χ1n) is 6.99. The fourth-order valence-corrected chi connectivity index (χ4v) is 2.97. The fourth-order valence-electron chi connectivity index (χ4n) is 2.13. The van der Waals surface area contributed by atoms with E-state index in [1.807, 2.05) is 13.8 Å². The number of hydrogen-bond donors (Lipinski definition) is 1. The molecule has 0 aromatic carbocycles. The zero-order valence-corrected chi connectivity index (χ0v) is 13.2. The van der Waals surface area contributed by atoms with Gasteiger partial charge in [0.25, 0.3) is 5.56 Å². The van der Waals surface area contributed by atoms with Gasteiger partial charge in [0.15, 0.2) is 0 Å². The van der Waals surface area contributed by atoms with Gasteiger partial charge >= 0.3 is 5.69 Å². The van der Waals surface area contributed by atoms with E-state index in [-0.39, 0.29) is 24.1 Å². The molecule has 0 aliphatic heterocycles. The lowest BCUT2D eigenvalue weighted by molar-refractivity contribution is -0.122. The summed E-state index contributed by atoms with van der Waals surface area (Å²) in [6.07, 6.45) is 0.822. The molecule has 0 fully saturated rings. The maximum Gasteiger partial charge on any atom is 0.331 e. The van der Waals surface area contributed by atoms with Crippen molar-refractivity contribution in [2.45, 2.75) is 46.3 Å². The molecule has 0 unspecified atom stereocenters. The number of nitrogens with zero attached hydrogens (tertiary/aromatic N) is 2. The van der Waals surface area contributed by atoms with Crippen LogP contribution in [0, 0.1) is 0 Å². The predicted molar refractivity (Wildman–Crippen MR) is 83.9 cm³/mol. The number of carbonyl (C=O) groups excluding carboxylic acids is 1. The standard InChI is InChI=1S/C14H19N3O3S/c1-4-9(3)15-11(18)8-17-10-6-7-21-12(10)13(19)16(5-2)14(17)20/h6-7,9H,4-5,8H2,1-3H3,(H,15,18)/t9-/m0/s1. The fraction of sp³-hybridized carbons (Fsp3) is 0.500. The number of amides is 1. The molecule has 0 aliphatic rings. The quantitative estimate of drug-likeness (QED) is 0.901. The first-order valence-corrected chi connectivity index (χ1v) is 7.87. The van der Waals surface area contributed by atoms with Crippen LogP contribution < -0.4 is 16.6 Å². The number of nitrogens with one attached hydrogen (secondary N) is 1. The third kappa shape index (κ3) is 2.92. The Hall–Kier alpha value is -1.89. The Bertz CT molecular complexity index is 772. The van der Waals surface area contributed by atoms with Gasteiger partial charge in [0.1, 0.15) is 11.2 Å². The summed E-state index contributed by atoms with van der Waals surface area (Å²) < 4.78 is 3.04. The molecule has 0 aliphatic carbocycles. The van der Waals surface area contributed by atoms with Crippen molar-refractivity contribution in [1.82, 2.24) is 14.5 Å². The van der Waals surface area contributed by atoms with Crippen LogP contribution in [0.4, 0.5) is 0 Å². The molecule has 0 radical (unpaired) electrons. The molecule has 1 N–H and O–H groups in total. The molecule has 2 aromatic rings. The van der Waals surface area contributed by atoms with Gasteiger partial charge in [0, 0.05) is 12.6 Å². The van der Waals surface area contributed by atoms with Crippen LogP contribution in [0.2, 0.25) is 0 Å². The van der Waals surface area contributed by atoms with Gasteiger partial charge in [0.05, 0.1) is 5.52 Å².